The first kappa shape index (κ1) is 13.7. The van der Waals surface area contributed by atoms with Crippen LogP contribution in [-0.2, 0) is 4.79 Å². The number of hydrogen-bond donors (Lipinski definition) is 0. The molecule has 2 nitrogen and oxygen atoms in total. The maximum absolute atomic E-state index is 13.6. The van der Waals surface area contributed by atoms with Crippen molar-refractivity contribution in [2.45, 2.75) is 38.0 Å². The van der Waals surface area contributed by atoms with Gasteiger partial charge in [-0.25, -0.2) is 8.78 Å². The van der Waals surface area contributed by atoms with Gasteiger partial charge in [-0.1, -0.05) is 31.7 Å². The molecule has 0 radical (unpaired) electrons. The quantitative estimate of drug-likeness (QED) is 0.830. The van der Waals surface area contributed by atoms with Crippen molar-refractivity contribution in [3.63, 3.8) is 0 Å². The third-order valence-corrected chi connectivity index (χ3v) is 3.69. The van der Waals surface area contributed by atoms with Crippen molar-refractivity contribution in [2.24, 2.45) is 5.92 Å². The zero-order valence-electron chi connectivity index (χ0n) is 10.5. The Balaban J connectivity index is 2.14. The highest BCUT2D eigenvalue weighted by Crippen LogP contribution is 2.31. The van der Waals surface area contributed by atoms with Gasteiger partial charge in [0.1, 0.15) is 17.6 Å². The Kier molecular flexibility index (Phi) is 4.26. The van der Waals surface area contributed by atoms with Crippen LogP contribution in [0.15, 0.2) is 18.2 Å². The average molecular weight is 263 g/mol. The second-order valence-corrected chi connectivity index (χ2v) is 5.05. The molecule has 0 aliphatic heterocycles. The van der Waals surface area contributed by atoms with Crippen molar-refractivity contribution in [3.05, 3.63) is 35.4 Å². The van der Waals surface area contributed by atoms with Crippen LogP contribution in [0.5, 0.6) is 0 Å². The monoisotopic (exact) mass is 263 g/mol. The van der Waals surface area contributed by atoms with Crippen molar-refractivity contribution in [2.75, 3.05) is 0 Å². The van der Waals surface area contributed by atoms with Gasteiger partial charge in [0.15, 0.2) is 5.78 Å². The van der Waals surface area contributed by atoms with Gasteiger partial charge >= 0.3 is 0 Å². The van der Waals surface area contributed by atoms with Crippen molar-refractivity contribution >= 4 is 5.78 Å². The summed E-state index contributed by atoms with van der Waals surface area (Å²) in [6, 6.07) is 4.81. The summed E-state index contributed by atoms with van der Waals surface area (Å²) in [6.45, 7) is 0. The molecule has 4 heteroatoms. The molecule has 1 saturated carbocycles. The first-order valence-corrected chi connectivity index (χ1v) is 6.49. The van der Waals surface area contributed by atoms with Gasteiger partial charge in [0.2, 0.25) is 0 Å². The standard InChI is InChI=1S/C15H15F2NO/c16-11-5-6-12(14(17)8-11)13(9-18)15(19)7-10-3-1-2-4-10/h5-6,8,10,13H,1-4,7H2. The summed E-state index contributed by atoms with van der Waals surface area (Å²) in [4.78, 5) is 12.1. The number of ketones is 1. The van der Waals surface area contributed by atoms with E-state index >= 15 is 0 Å². The molecule has 0 amide bonds. The second kappa shape index (κ2) is 5.92. The summed E-state index contributed by atoms with van der Waals surface area (Å²) >= 11 is 0. The smallest absolute Gasteiger partial charge is 0.154 e. The molecule has 0 aromatic heterocycles. The molecule has 0 N–H and O–H groups in total. The van der Waals surface area contributed by atoms with Crippen LogP contribution >= 0.6 is 0 Å². The van der Waals surface area contributed by atoms with Gasteiger partial charge in [-0.15, -0.1) is 0 Å². The molecule has 2 rings (SSSR count). The molecule has 1 aromatic carbocycles. The van der Waals surface area contributed by atoms with E-state index in [1.165, 1.54) is 6.07 Å². The van der Waals surface area contributed by atoms with Crippen LogP contribution in [0.2, 0.25) is 0 Å². The third-order valence-electron chi connectivity index (χ3n) is 3.69. The van der Waals surface area contributed by atoms with Gasteiger partial charge in [0.05, 0.1) is 6.07 Å². The molecule has 1 aliphatic carbocycles. The summed E-state index contributed by atoms with van der Waals surface area (Å²) in [5.74, 6) is -2.61. The Hall–Kier alpha value is -1.76. The Bertz CT molecular complexity index is 515. The number of benzene rings is 1. The summed E-state index contributed by atoms with van der Waals surface area (Å²) in [6.07, 6.45) is 4.53. The van der Waals surface area contributed by atoms with Crippen LogP contribution in [0.4, 0.5) is 8.78 Å². The minimum absolute atomic E-state index is 0.0214. The van der Waals surface area contributed by atoms with Gasteiger partial charge < -0.3 is 0 Å². The van der Waals surface area contributed by atoms with Gasteiger partial charge in [-0.05, 0) is 12.0 Å². The molecule has 100 valence electrons. The van der Waals surface area contributed by atoms with E-state index < -0.39 is 17.6 Å². The first-order chi connectivity index (χ1) is 9.11. The van der Waals surface area contributed by atoms with Crippen molar-refractivity contribution in [3.8, 4) is 6.07 Å². The van der Waals surface area contributed by atoms with Crippen LogP contribution < -0.4 is 0 Å². The largest absolute Gasteiger partial charge is 0.298 e. The van der Waals surface area contributed by atoms with E-state index in [0.29, 0.717) is 18.4 Å². The number of nitrogens with zero attached hydrogens (tertiary/aromatic N) is 1. The molecule has 0 heterocycles. The van der Waals surface area contributed by atoms with Crippen molar-refractivity contribution in [1.82, 2.24) is 0 Å². The van der Waals surface area contributed by atoms with E-state index in [0.717, 1.165) is 31.7 Å². The van der Waals surface area contributed by atoms with Crippen LogP contribution in [0, 0.1) is 28.9 Å². The van der Waals surface area contributed by atoms with Gasteiger partial charge in [-0.2, -0.15) is 5.26 Å². The normalized spacial score (nSPS) is 17.1. The molecule has 0 spiro atoms. The van der Waals surface area contributed by atoms with Gasteiger partial charge in [0.25, 0.3) is 0 Å². The molecule has 1 aromatic rings. The van der Waals surface area contributed by atoms with Gasteiger partial charge in [0, 0.05) is 18.1 Å². The number of nitriles is 1. The van der Waals surface area contributed by atoms with E-state index in [9.17, 15) is 13.6 Å². The zero-order chi connectivity index (χ0) is 13.8. The van der Waals surface area contributed by atoms with Crippen LogP contribution in [0.25, 0.3) is 0 Å². The molecular weight excluding hydrogens is 248 g/mol. The van der Waals surface area contributed by atoms with Crippen LogP contribution in [0.1, 0.15) is 43.6 Å². The fraction of sp³-hybridized carbons (Fsp3) is 0.467. The maximum atomic E-state index is 13.6. The molecule has 1 fully saturated rings. The summed E-state index contributed by atoms with van der Waals surface area (Å²) in [7, 11) is 0. The van der Waals surface area contributed by atoms with Crippen LogP contribution in [0.3, 0.4) is 0 Å². The lowest BCUT2D eigenvalue weighted by Crippen LogP contribution is -2.15. The Morgan fingerprint density at radius 3 is 2.63 bits per heavy atom. The van der Waals surface area contributed by atoms with E-state index in [1.807, 2.05) is 6.07 Å². The van der Waals surface area contributed by atoms with Crippen molar-refractivity contribution in [1.29, 1.82) is 5.26 Å². The Morgan fingerprint density at radius 2 is 2.05 bits per heavy atom. The fourth-order valence-electron chi connectivity index (χ4n) is 2.67. The molecule has 0 bridgehead atoms. The lowest BCUT2D eigenvalue weighted by Gasteiger charge is -2.13. The minimum Gasteiger partial charge on any atom is -0.298 e. The van der Waals surface area contributed by atoms with Crippen LogP contribution in [-0.4, -0.2) is 5.78 Å². The van der Waals surface area contributed by atoms with Crippen molar-refractivity contribution < 1.29 is 13.6 Å². The number of Topliss-reactive ketones (excluding diaryl/α,β-unsaturated/α-hetero) is 1. The Labute approximate surface area is 111 Å². The highest BCUT2D eigenvalue weighted by molar-refractivity contribution is 5.88. The molecule has 0 saturated heterocycles. The fourth-order valence-corrected chi connectivity index (χ4v) is 2.67. The number of carbonyl (C=O) groups is 1. The Morgan fingerprint density at radius 1 is 1.37 bits per heavy atom. The summed E-state index contributed by atoms with van der Waals surface area (Å²) in [5.41, 5.74) is -0.0214. The number of rotatable bonds is 4. The lowest BCUT2D eigenvalue weighted by molar-refractivity contribution is -0.120. The highest BCUT2D eigenvalue weighted by Gasteiger charge is 2.27. The van der Waals surface area contributed by atoms with E-state index in [4.69, 9.17) is 5.26 Å². The zero-order valence-corrected chi connectivity index (χ0v) is 10.5. The first-order valence-electron chi connectivity index (χ1n) is 6.49. The predicted octanol–water partition coefficient (Wildman–Crippen LogP) is 3.72. The molecule has 1 unspecified atom stereocenters. The molecule has 1 atom stereocenters. The molecule has 1 aliphatic rings. The van der Waals surface area contributed by atoms with E-state index in [-0.39, 0.29) is 11.3 Å². The lowest BCUT2D eigenvalue weighted by atomic mass is 9.89. The van der Waals surface area contributed by atoms with E-state index in [1.54, 1.807) is 0 Å². The predicted molar refractivity (Wildman–Crippen MR) is 66.3 cm³/mol. The third kappa shape index (κ3) is 3.17. The maximum Gasteiger partial charge on any atom is 0.154 e. The summed E-state index contributed by atoms with van der Waals surface area (Å²) in [5, 5.41) is 9.09. The topological polar surface area (TPSA) is 40.9 Å². The number of carbonyl (C=O) groups excluding carboxylic acids is 1. The van der Waals surface area contributed by atoms with Gasteiger partial charge in [-0.3, -0.25) is 4.79 Å². The highest BCUT2D eigenvalue weighted by atomic mass is 19.1. The summed E-state index contributed by atoms with van der Waals surface area (Å²) < 4.78 is 26.5. The minimum atomic E-state index is -1.12. The molecule has 19 heavy (non-hydrogen) atoms. The van der Waals surface area contributed by atoms with E-state index in [2.05, 4.69) is 0 Å². The molecular formula is C15H15F2NO. The number of halogens is 2. The SMILES string of the molecule is N#CC(C(=O)CC1CCCC1)c1ccc(F)cc1F. The average Bonchev–Trinajstić information content (AvgIpc) is 2.85. The second-order valence-electron chi connectivity index (χ2n) is 5.05. The number of hydrogen-bond acceptors (Lipinski definition) is 2.